The Morgan fingerprint density at radius 1 is 1.16 bits per heavy atom. The Bertz CT molecular complexity index is 598. The van der Waals surface area contributed by atoms with Gasteiger partial charge in [0.25, 0.3) is 0 Å². The molecule has 2 aromatic rings. The molecule has 0 aromatic heterocycles. The number of rotatable bonds is 4. The minimum Gasteiger partial charge on any atom is -0.478 e. The van der Waals surface area contributed by atoms with E-state index in [1.54, 1.807) is 6.08 Å². The van der Waals surface area contributed by atoms with Gasteiger partial charge in [-0.3, -0.25) is 0 Å². The van der Waals surface area contributed by atoms with Crippen molar-refractivity contribution in [3.05, 3.63) is 76.9 Å². The lowest BCUT2D eigenvalue weighted by Gasteiger charge is -2.08. The van der Waals surface area contributed by atoms with Crippen LogP contribution in [0.25, 0.3) is 6.08 Å². The van der Waals surface area contributed by atoms with Crippen LogP contribution in [-0.4, -0.2) is 11.1 Å². The van der Waals surface area contributed by atoms with Gasteiger partial charge < -0.3 is 5.11 Å². The van der Waals surface area contributed by atoms with Crippen molar-refractivity contribution in [3.8, 4) is 0 Å². The van der Waals surface area contributed by atoms with E-state index in [1.165, 1.54) is 17.2 Å². The van der Waals surface area contributed by atoms with Crippen molar-refractivity contribution in [1.82, 2.24) is 0 Å². The molecule has 0 aliphatic heterocycles. The van der Waals surface area contributed by atoms with E-state index in [1.807, 2.05) is 37.3 Å². The fraction of sp³-hybridized carbons (Fsp3) is 0.118. The molecule has 0 saturated heterocycles. The Hall–Kier alpha value is -2.35. The Morgan fingerprint density at radius 2 is 1.89 bits per heavy atom. The van der Waals surface area contributed by atoms with Crippen LogP contribution in [0.1, 0.15) is 22.3 Å². The zero-order chi connectivity index (χ0) is 13.7. The highest BCUT2D eigenvalue weighted by Gasteiger charge is 2.02. The molecule has 0 aliphatic carbocycles. The molecule has 2 rings (SSSR count). The number of carbonyl (C=O) groups is 1. The van der Waals surface area contributed by atoms with Crippen molar-refractivity contribution in [2.75, 3.05) is 0 Å². The lowest BCUT2D eigenvalue weighted by molar-refractivity contribution is -0.131. The molecule has 1 N–H and O–H groups in total. The van der Waals surface area contributed by atoms with Crippen LogP contribution < -0.4 is 0 Å². The SMILES string of the molecule is Cc1ccc(/C=C/C(=O)O)c(Cc2ccccc2)c1. The number of aliphatic carboxylic acids is 1. The van der Waals surface area contributed by atoms with Crippen molar-refractivity contribution >= 4 is 12.0 Å². The summed E-state index contributed by atoms with van der Waals surface area (Å²) in [5, 5.41) is 8.72. The molecule has 2 aromatic carbocycles. The van der Waals surface area contributed by atoms with Gasteiger partial charge >= 0.3 is 5.97 Å². The zero-order valence-corrected chi connectivity index (χ0v) is 10.8. The van der Waals surface area contributed by atoms with Gasteiger partial charge in [-0.15, -0.1) is 0 Å². The molecule has 0 saturated carbocycles. The van der Waals surface area contributed by atoms with Crippen molar-refractivity contribution < 1.29 is 9.90 Å². The van der Waals surface area contributed by atoms with Gasteiger partial charge in [-0.25, -0.2) is 4.79 Å². The third-order valence-electron chi connectivity index (χ3n) is 2.94. The molecule has 0 amide bonds. The molecule has 0 bridgehead atoms. The lowest BCUT2D eigenvalue weighted by Crippen LogP contribution is -1.94. The van der Waals surface area contributed by atoms with Gasteiger partial charge in [-0.1, -0.05) is 54.1 Å². The minimum atomic E-state index is -0.925. The van der Waals surface area contributed by atoms with E-state index in [9.17, 15) is 4.79 Å². The Morgan fingerprint density at radius 3 is 2.58 bits per heavy atom. The van der Waals surface area contributed by atoms with Crippen molar-refractivity contribution in [2.24, 2.45) is 0 Å². The lowest BCUT2D eigenvalue weighted by atomic mass is 9.97. The number of carboxylic acid groups (broad SMARTS) is 1. The van der Waals surface area contributed by atoms with Gasteiger partial charge in [0.15, 0.2) is 0 Å². The molecule has 0 heterocycles. The molecule has 0 aliphatic rings. The second kappa shape index (κ2) is 6.01. The van der Waals surface area contributed by atoms with Gasteiger partial charge in [0.2, 0.25) is 0 Å². The Balaban J connectivity index is 2.32. The van der Waals surface area contributed by atoms with E-state index < -0.39 is 5.97 Å². The first-order valence-electron chi connectivity index (χ1n) is 6.19. The van der Waals surface area contributed by atoms with E-state index in [4.69, 9.17) is 5.11 Å². The number of aryl methyl sites for hydroxylation is 1. The molecule has 19 heavy (non-hydrogen) atoms. The summed E-state index contributed by atoms with van der Waals surface area (Å²) in [7, 11) is 0. The number of carboxylic acids is 1. The van der Waals surface area contributed by atoms with Crippen LogP contribution in [0.3, 0.4) is 0 Å². The normalized spacial score (nSPS) is 10.8. The maximum Gasteiger partial charge on any atom is 0.328 e. The van der Waals surface area contributed by atoms with E-state index in [0.717, 1.165) is 17.5 Å². The highest BCUT2D eigenvalue weighted by Crippen LogP contribution is 2.17. The van der Waals surface area contributed by atoms with Crippen LogP contribution >= 0.6 is 0 Å². The van der Waals surface area contributed by atoms with E-state index in [0.29, 0.717) is 0 Å². The quantitative estimate of drug-likeness (QED) is 0.843. The first-order valence-corrected chi connectivity index (χ1v) is 6.19. The van der Waals surface area contributed by atoms with Crippen LogP contribution in [0.5, 0.6) is 0 Å². The fourth-order valence-electron chi connectivity index (χ4n) is 2.03. The summed E-state index contributed by atoms with van der Waals surface area (Å²) in [5.74, 6) is -0.925. The molecule has 0 radical (unpaired) electrons. The van der Waals surface area contributed by atoms with Gasteiger partial charge in [0, 0.05) is 6.08 Å². The third-order valence-corrected chi connectivity index (χ3v) is 2.94. The predicted molar refractivity (Wildman–Crippen MR) is 77.1 cm³/mol. The second-order valence-corrected chi connectivity index (χ2v) is 4.54. The molecule has 0 fully saturated rings. The van der Waals surface area contributed by atoms with Crippen LogP contribution in [0, 0.1) is 6.92 Å². The fourth-order valence-corrected chi connectivity index (χ4v) is 2.03. The molecule has 2 nitrogen and oxygen atoms in total. The average molecular weight is 252 g/mol. The van der Waals surface area contributed by atoms with Gasteiger partial charge in [0.05, 0.1) is 0 Å². The third kappa shape index (κ3) is 3.81. The standard InChI is InChI=1S/C17H16O2/c1-13-7-8-15(9-10-17(18)19)16(11-13)12-14-5-3-2-4-6-14/h2-11H,12H2,1H3,(H,18,19)/b10-9+. The monoisotopic (exact) mass is 252 g/mol. The number of hydrogen-bond donors (Lipinski definition) is 1. The van der Waals surface area contributed by atoms with E-state index >= 15 is 0 Å². The van der Waals surface area contributed by atoms with Crippen LogP contribution in [0.15, 0.2) is 54.6 Å². The summed E-state index contributed by atoms with van der Waals surface area (Å²) in [6.45, 7) is 2.04. The van der Waals surface area contributed by atoms with E-state index in [-0.39, 0.29) is 0 Å². The molecular weight excluding hydrogens is 236 g/mol. The molecule has 0 spiro atoms. The highest BCUT2D eigenvalue weighted by molar-refractivity contribution is 5.85. The van der Waals surface area contributed by atoms with Crippen molar-refractivity contribution in [1.29, 1.82) is 0 Å². The Kier molecular flexibility index (Phi) is 4.14. The smallest absolute Gasteiger partial charge is 0.328 e. The molecule has 0 unspecified atom stereocenters. The first-order chi connectivity index (χ1) is 9.15. The minimum absolute atomic E-state index is 0.807. The largest absolute Gasteiger partial charge is 0.478 e. The Labute approximate surface area is 113 Å². The van der Waals surface area contributed by atoms with Crippen molar-refractivity contribution in [3.63, 3.8) is 0 Å². The summed E-state index contributed by atoms with van der Waals surface area (Å²) in [6, 6.07) is 16.2. The summed E-state index contributed by atoms with van der Waals surface area (Å²) in [6.07, 6.45) is 3.64. The maximum atomic E-state index is 10.6. The molecular formula is C17H16O2. The van der Waals surface area contributed by atoms with Gasteiger partial charge in [0.1, 0.15) is 0 Å². The van der Waals surface area contributed by atoms with Crippen molar-refractivity contribution in [2.45, 2.75) is 13.3 Å². The second-order valence-electron chi connectivity index (χ2n) is 4.54. The summed E-state index contributed by atoms with van der Waals surface area (Å²) < 4.78 is 0. The summed E-state index contributed by atoms with van der Waals surface area (Å²) in [4.78, 5) is 10.6. The predicted octanol–water partition coefficient (Wildman–Crippen LogP) is 3.68. The zero-order valence-electron chi connectivity index (χ0n) is 10.8. The molecule has 0 atom stereocenters. The molecule has 96 valence electrons. The number of hydrogen-bond acceptors (Lipinski definition) is 1. The van der Waals surface area contributed by atoms with E-state index in [2.05, 4.69) is 18.2 Å². The van der Waals surface area contributed by atoms with Gasteiger partial charge in [-0.2, -0.15) is 0 Å². The summed E-state index contributed by atoms with van der Waals surface area (Å²) in [5.41, 5.74) is 4.50. The van der Waals surface area contributed by atoms with Crippen LogP contribution in [0.4, 0.5) is 0 Å². The van der Waals surface area contributed by atoms with Gasteiger partial charge in [-0.05, 0) is 36.1 Å². The topological polar surface area (TPSA) is 37.3 Å². The summed E-state index contributed by atoms with van der Waals surface area (Å²) >= 11 is 0. The maximum absolute atomic E-state index is 10.6. The van der Waals surface area contributed by atoms with Crippen LogP contribution in [0.2, 0.25) is 0 Å². The molecule has 2 heteroatoms. The average Bonchev–Trinajstić information content (AvgIpc) is 2.39. The highest BCUT2D eigenvalue weighted by atomic mass is 16.4. The van der Waals surface area contributed by atoms with Crippen LogP contribution in [-0.2, 0) is 11.2 Å². The first kappa shape index (κ1) is 13.1. The number of benzene rings is 2.